The van der Waals surface area contributed by atoms with Crippen LogP contribution in [-0.2, 0) is 13.0 Å². The Kier molecular flexibility index (Phi) is 4.76. The molecule has 1 aliphatic rings. The molecular formula is C18H24N4O. The Morgan fingerprint density at radius 2 is 2.00 bits per heavy atom. The van der Waals surface area contributed by atoms with Gasteiger partial charge in [0.15, 0.2) is 0 Å². The number of aromatic nitrogens is 2. The Morgan fingerprint density at radius 1 is 1.22 bits per heavy atom. The van der Waals surface area contributed by atoms with E-state index < -0.39 is 0 Å². The predicted octanol–water partition coefficient (Wildman–Crippen LogP) is 2.29. The van der Waals surface area contributed by atoms with Gasteiger partial charge in [-0.3, -0.25) is 0 Å². The van der Waals surface area contributed by atoms with E-state index in [4.69, 9.17) is 4.74 Å². The predicted molar refractivity (Wildman–Crippen MR) is 92.0 cm³/mol. The molecule has 5 heteroatoms. The molecule has 0 aliphatic carbocycles. The number of likely N-dealkylation sites (N-methyl/N-ethyl adjacent to an activating group) is 2. The molecule has 0 atom stereocenters. The topological polar surface area (TPSA) is 41.5 Å². The number of aryl methyl sites for hydroxylation is 1. The fraction of sp³-hybridized carbons (Fsp3) is 0.444. The monoisotopic (exact) mass is 312 g/mol. The second-order valence-corrected chi connectivity index (χ2v) is 6.19. The normalized spacial score (nSPS) is 14.4. The lowest BCUT2D eigenvalue weighted by atomic mass is 10.1. The highest BCUT2D eigenvalue weighted by molar-refractivity contribution is 5.48. The number of benzene rings is 1. The van der Waals surface area contributed by atoms with E-state index in [2.05, 4.69) is 52.9 Å². The van der Waals surface area contributed by atoms with E-state index in [1.165, 1.54) is 16.8 Å². The minimum absolute atomic E-state index is 0.633. The Labute approximate surface area is 137 Å². The molecule has 1 aromatic heterocycles. The van der Waals surface area contributed by atoms with E-state index in [9.17, 15) is 0 Å². The van der Waals surface area contributed by atoms with Gasteiger partial charge in [0.05, 0.1) is 12.2 Å². The van der Waals surface area contributed by atoms with Crippen molar-refractivity contribution in [3.05, 3.63) is 47.4 Å². The molecule has 0 unspecified atom stereocenters. The van der Waals surface area contributed by atoms with Gasteiger partial charge in [-0.1, -0.05) is 17.7 Å². The third-order valence-electron chi connectivity index (χ3n) is 4.25. The summed E-state index contributed by atoms with van der Waals surface area (Å²) >= 11 is 0. The zero-order chi connectivity index (χ0) is 16.2. The van der Waals surface area contributed by atoms with Gasteiger partial charge < -0.3 is 14.5 Å². The average Bonchev–Trinajstić information content (AvgIpc) is 2.56. The lowest BCUT2D eigenvalue weighted by molar-refractivity contribution is 0.307. The van der Waals surface area contributed by atoms with Gasteiger partial charge in [-0.2, -0.15) is 0 Å². The van der Waals surface area contributed by atoms with E-state index in [-0.39, 0.29) is 0 Å². The largest absolute Gasteiger partial charge is 0.492 e. The van der Waals surface area contributed by atoms with E-state index in [1.54, 1.807) is 6.33 Å². The van der Waals surface area contributed by atoms with Crippen LogP contribution in [0.15, 0.2) is 30.6 Å². The molecule has 0 N–H and O–H groups in total. The summed E-state index contributed by atoms with van der Waals surface area (Å²) in [5.74, 6) is 1.93. The SMILES string of the molecule is Cc1ccc(OCCN(C)c2ncnc3c2CN(C)CC3)cc1. The summed E-state index contributed by atoms with van der Waals surface area (Å²) in [4.78, 5) is 13.4. The molecule has 2 heterocycles. The molecule has 1 aliphatic heterocycles. The first-order chi connectivity index (χ1) is 11.1. The first-order valence-corrected chi connectivity index (χ1v) is 8.05. The van der Waals surface area contributed by atoms with Crippen molar-refractivity contribution in [3.63, 3.8) is 0 Å². The fourth-order valence-electron chi connectivity index (χ4n) is 2.83. The van der Waals surface area contributed by atoms with Crippen LogP contribution in [0.3, 0.4) is 0 Å². The lowest BCUT2D eigenvalue weighted by Crippen LogP contribution is -2.32. The number of hydrogen-bond donors (Lipinski definition) is 0. The quantitative estimate of drug-likeness (QED) is 0.847. The van der Waals surface area contributed by atoms with E-state index in [1.807, 2.05) is 12.1 Å². The van der Waals surface area contributed by atoms with Gasteiger partial charge in [0.25, 0.3) is 0 Å². The third-order valence-corrected chi connectivity index (χ3v) is 4.25. The lowest BCUT2D eigenvalue weighted by Gasteiger charge is -2.28. The summed E-state index contributed by atoms with van der Waals surface area (Å²) in [6.07, 6.45) is 2.67. The molecule has 5 nitrogen and oxygen atoms in total. The third kappa shape index (κ3) is 3.79. The van der Waals surface area contributed by atoms with Crippen molar-refractivity contribution in [2.24, 2.45) is 0 Å². The zero-order valence-corrected chi connectivity index (χ0v) is 14.1. The first kappa shape index (κ1) is 15.7. The molecule has 0 saturated carbocycles. The van der Waals surface area contributed by atoms with Gasteiger partial charge in [0.2, 0.25) is 0 Å². The van der Waals surface area contributed by atoms with Gasteiger partial charge in [0, 0.05) is 32.1 Å². The molecule has 0 bridgehead atoms. The molecule has 2 aromatic rings. The van der Waals surface area contributed by atoms with Crippen LogP contribution in [0, 0.1) is 6.92 Å². The van der Waals surface area contributed by atoms with Crippen molar-refractivity contribution < 1.29 is 4.74 Å². The smallest absolute Gasteiger partial charge is 0.136 e. The number of rotatable bonds is 5. The Bertz CT molecular complexity index is 657. The minimum atomic E-state index is 0.633. The van der Waals surface area contributed by atoms with Crippen LogP contribution in [0.2, 0.25) is 0 Å². The Hall–Kier alpha value is -2.14. The number of fused-ring (bicyclic) bond motifs is 1. The van der Waals surface area contributed by atoms with E-state index >= 15 is 0 Å². The molecule has 3 rings (SSSR count). The van der Waals surface area contributed by atoms with E-state index in [0.717, 1.165) is 37.6 Å². The molecule has 23 heavy (non-hydrogen) atoms. The molecule has 0 saturated heterocycles. The van der Waals surface area contributed by atoms with Crippen molar-refractivity contribution in [2.75, 3.05) is 38.7 Å². The fourth-order valence-corrected chi connectivity index (χ4v) is 2.83. The van der Waals surface area contributed by atoms with Crippen molar-refractivity contribution in [2.45, 2.75) is 19.9 Å². The van der Waals surface area contributed by atoms with E-state index in [0.29, 0.717) is 6.61 Å². The van der Waals surface area contributed by atoms with Crippen molar-refractivity contribution in [1.29, 1.82) is 0 Å². The molecule has 1 aromatic carbocycles. The maximum absolute atomic E-state index is 5.82. The van der Waals surface area contributed by atoms with Crippen LogP contribution in [-0.4, -0.2) is 48.7 Å². The molecule has 122 valence electrons. The van der Waals surface area contributed by atoms with Crippen LogP contribution >= 0.6 is 0 Å². The Morgan fingerprint density at radius 3 is 2.78 bits per heavy atom. The highest BCUT2D eigenvalue weighted by atomic mass is 16.5. The summed E-state index contributed by atoms with van der Waals surface area (Å²) in [6.45, 7) is 5.47. The highest BCUT2D eigenvalue weighted by Crippen LogP contribution is 2.24. The second kappa shape index (κ2) is 6.96. The maximum Gasteiger partial charge on any atom is 0.136 e. The molecule has 0 radical (unpaired) electrons. The van der Waals surface area contributed by atoms with Crippen LogP contribution in [0.5, 0.6) is 5.75 Å². The summed E-state index contributed by atoms with van der Waals surface area (Å²) in [7, 11) is 4.20. The average molecular weight is 312 g/mol. The van der Waals surface area contributed by atoms with Crippen molar-refractivity contribution >= 4 is 5.82 Å². The Balaban J connectivity index is 1.62. The maximum atomic E-state index is 5.82. The molecule has 0 spiro atoms. The van der Waals surface area contributed by atoms with Crippen LogP contribution in [0.4, 0.5) is 5.82 Å². The highest BCUT2D eigenvalue weighted by Gasteiger charge is 2.20. The summed E-state index contributed by atoms with van der Waals surface area (Å²) in [5.41, 5.74) is 3.67. The van der Waals surface area contributed by atoms with Crippen LogP contribution in [0.1, 0.15) is 16.8 Å². The zero-order valence-electron chi connectivity index (χ0n) is 14.1. The van der Waals surface area contributed by atoms with Gasteiger partial charge in [0.1, 0.15) is 24.5 Å². The van der Waals surface area contributed by atoms with Gasteiger partial charge in [-0.25, -0.2) is 9.97 Å². The molecule has 0 amide bonds. The second-order valence-electron chi connectivity index (χ2n) is 6.19. The van der Waals surface area contributed by atoms with Crippen LogP contribution < -0.4 is 9.64 Å². The number of ether oxygens (including phenoxy) is 1. The summed E-state index contributed by atoms with van der Waals surface area (Å²) < 4.78 is 5.82. The standard InChI is InChI=1S/C18H24N4O/c1-14-4-6-15(7-5-14)23-11-10-22(3)18-16-12-21(2)9-8-17(16)19-13-20-18/h4-7,13H,8-12H2,1-3H3. The number of hydrogen-bond acceptors (Lipinski definition) is 5. The van der Waals surface area contributed by atoms with Gasteiger partial charge >= 0.3 is 0 Å². The molecular weight excluding hydrogens is 288 g/mol. The van der Waals surface area contributed by atoms with Crippen molar-refractivity contribution in [3.8, 4) is 5.75 Å². The summed E-state index contributed by atoms with van der Waals surface area (Å²) in [5, 5.41) is 0. The van der Waals surface area contributed by atoms with Crippen LogP contribution in [0.25, 0.3) is 0 Å². The number of anilines is 1. The molecule has 0 fully saturated rings. The van der Waals surface area contributed by atoms with Crippen molar-refractivity contribution in [1.82, 2.24) is 14.9 Å². The summed E-state index contributed by atoms with van der Waals surface area (Å²) in [6, 6.07) is 8.15. The number of nitrogens with zero attached hydrogens (tertiary/aromatic N) is 4. The van der Waals surface area contributed by atoms with Gasteiger partial charge in [-0.15, -0.1) is 0 Å². The van der Waals surface area contributed by atoms with Gasteiger partial charge in [-0.05, 0) is 26.1 Å². The minimum Gasteiger partial charge on any atom is -0.492 e. The first-order valence-electron chi connectivity index (χ1n) is 8.05.